The van der Waals surface area contributed by atoms with Crippen molar-refractivity contribution >= 4 is 58.2 Å². The van der Waals surface area contributed by atoms with Gasteiger partial charge in [0, 0.05) is 10.6 Å². The molecule has 0 saturated carbocycles. The predicted molar refractivity (Wildman–Crippen MR) is 123 cm³/mol. The number of carbonyl (C=O) groups excluding carboxylic acids is 3. The smallest absolute Gasteiger partial charge is 0.326 e. The molecule has 2 amide bonds. The van der Waals surface area contributed by atoms with Crippen LogP contribution in [0.4, 0.5) is 4.79 Å². The second-order valence-electron chi connectivity index (χ2n) is 6.49. The van der Waals surface area contributed by atoms with Gasteiger partial charge in [-0.25, -0.2) is 0 Å². The Bertz CT molecular complexity index is 1090. The number of carbonyl (C=O) groups is 3. The molecule has 10 heteroatoms. The molecule has 32 heavy (non-hydrogen) atoms. The summed E-state index contributed by atoms with van der Waals surface area (Å²) in [5, 5.41) is 0.276. The minimum absolute atomic E-state index is 0.155. The third-order valence-electron chi connectivity index (χ3n) is 4.35. The second-order valence-corrected chi connectivity index (χ2v) is 8.29. The zero-order valence-electron chi connectivity index (χ0n) is 17.2. The monoisotopic (exact) mass is 495 g/mol. The fourth-order valence-corrected chi connectivity index (χ4v) is 4.15. The van der Waals surface area contributed by atoms with Crippen LogP contribution in [0.15, 0.2) is 41.3 Å². The molecule has 1 aliphatic heterocycles. The van der Waals surface area contributed by atoms with Crippen molar-refractivity contribution in [2.45, 2.75) is 13.5 Å². The van der Waals surface area contributed by atoms with Gasteiger partial charge in [0.25, 0.3) is 11.1 Å². The maximum absolute atomic E-state index is 12.6. The number of esters is 1. The lowest BCUT2D eigenvalue weighted by atomic mass is 10.1. The third kappa shape index (κ3) is 5.56. The molecule has 2 aromatic rings. The molecule has 1 saturated heterocycles. The first-order chi connectivity index (χ1) is 15.3. The first-order valence-electron chi connectivity index (χ1n) is 9.48. The highest BCUT2D eigenvalue weighted by Gasteiger charge is 2.36. The van der Waals surface area contributed by atoms with Crippen molar-refractivity contribution in [2.75, 3.05) is 20.3 Å². The highest BCUT2D eigenvalue weighted by molar-refractivity contribution is 8.18. The zero-order chi connectivity index (χ0) is 23.3. The van der Waals surface area contributed by atoms with E-state index in [1.165, 1.54) is 13.2 Å². The van der Waals surface area contributed by atoms with Gasteiger partial charge in [-0.1, -0.05) is 41.4 Å². The average molecular weight is 496 g/mol. The Labute approximate surface area is 199 Å². The van der Waals surface area contributed by atoms with E-state index < -0.39 is 23.7 Å². The lowest BCUT2D eigenvalue weighted by molar-refractivity contribution is -0.145. The summed E-state index contributed by atoms with van der Waals surface area (Å²) >= 11 is 13.3. The quantitative estimate of drug-likeness (QED) is 0.368. The summed E-state index contributed by atoms with van der Waals surface area (Å²) in [4.78, 5) is 37.4. The number of rotatable bonds is 8. The van der Waals surface area contributed by atoms with E-state index in [1.807, 2.05) is 18.2 Å². The van der Waals surface area contributed by atoms with Crippen molar-refractivity contribution < 1.29 is 28.6 Å². The number of nitrogens with zero attached hydrogens (tertiary/aromatic N) is 1. The van der Waals surface area contributed by atoms with Crippen LogP contribution in [0.25, 0.3) is 6.08 Å². The van der Waals surface area contributed by atoms with Gasteiger partial charge in [-0.2, -0.15) is 0 Å². The predicted octanol–water partition coefficient (Wildman–Crippen LogP) is 5.18. The Kier molecular flexibility index (Phi) is 8.06. The fourth-order valence-electron chi connectivity index (χ4n) is 2.85. The van der Waals surface area contributed by atoms with Crippen molar-refractivity contribution in [3.8, 4) is 11.5 Å². The molecule has 1 aliphatic rings. The Morgan fingerprint density at radius 2 is 1.91 bits per heavy atom. The molecule has 7 nitrogen and oxygen atoms in total. The van der Waals surface area contributed by atoms with Crippen LogP contribution < -0.4 is 9.47 Å². The third-order valence-corrected chi connectivity index (χ3v) is 5.90. The Morgan fingerprint density at radius 3 is 2.59 bits per heavy atom. The maximum Gasteiger partial charge on any atom is 0.326 e. The number of methoxy groups -OCH3 is 1. The summed E-state index contributed by atoms with van der Waals surface area (Å²) in [6.45, 7) is 1.55. The van der Waals surface area contributed by atoms with E-state index in [0.717, 1.165) is 22.2 Å². The normalized spacial score (nSPS) is 14.8. The molecule has 0 spiro atoms. The van der Waals surface area contributed by atoms with Gasteiger partial charge in [-0.15, -0.1) is 0 Å². The van der Waals surface area contributed by atoms with E-state index in [4.69, 9.17) is 37.4 Å². The van der Waals surface area contributed by atoms with Crippen LogP contribution in [-0.4, -0.2) is 42.3 Å². The van der Waals surface area contributed by atoms with Crippen LogP contribution in [-0.2, 0) is 20.9 Å². The highest BCUT2D eigenvalue weighted by Crippen LogP contribution is 2.39. The molecule has 168 valence electrons. The number of ether oxygens (including phenoxy) is 3. The zero-order valence-corrected chi connectivity index (χ0v) is 19.6. The van der Waals surface area contributed by atoms with Gasteiger partial charge in [0.05, 0.1) is 23.6 Å². The van der Waals surface area contributed by atoms with Gasteiger partial charge in [0.15, 0.2) is 11.5 Å². The van der Waals surface area contributed by atoms with Gasteiger partial charge in [-0.3, -0.25) is 19.3 Å². The molecular formula is C22H19Cl2NO6S. The topological polar surface area (TPSA) is 82.1 Å². The van der Waals surface area contributed by atoms with Gasteiger partial charge >= 0.3 is 5.97 Å². The van der Waals surface area contributed by atoms with Crippen molar-refractivity contribution in [2.24, 2.45) is 0 Å². The van der Waals surface area contributed by atoms with Gasteiger partial charge in [0.1, 0.15) is 13.2 Å². The number of hydrogen-bond acceptors (Lipinski definition) is 7. The summed E-state index contributed by atoms with van der Waals surface area (Å²) in [6.07, 6.45) is 1.50. The SMILES string of the molecule is CCOC(=O)CN1C(=O)S/C(=C/c2cc(Cl)c(OCc3ccccc3Cl)c(OC)c2)C1=O. The molecule has 1 heterocycles. The van der Waals surface area contributed by atoms with E-state index >= 15 is 0 Å². The number of benzene rings is 2. The Morgan fingerprint density at radius 1 is 1.16 bits per heavy atom. The molecule has 0 atom stereocenters. The molecule has 2 aromatic carbocycles. The van der Waals surface area contributed by atoms with Crippen LogP contribution in [0, 0.1) is 0 Å². The molecule has 0 N–H and O–H groups in total. The molecule has 0 bridgehead atoms. The van der Waals surface area contributed by atoms with Crippen LogP contribution in [0.3, 0.4) is 0 Å². The van der Waals surface area contributed by atoms with Crippen molar-refractivity contribution in [1.29, 1.82) is 0 Å². The van der Waals surface area contributed by atoms with E-state index in [0.29, 0.717) is 22.1 Å². The lowest BCUT2D eigenvalue weighted by Gasteiger charge is -2.14. The Balaban J connectivity index is 1.80. The summed E-state index contributed by atoms with van der Waals surface area (Å²) in [6, 6.07) is 10.5. The van der Waals surface area contributed by atoms with Crippen molar-refractivity contribution in [1.82, 2.24) is 4.90 Å². The number of hydrogen-bond donors (Lipinski definition) is 0. The number of imide groups is 1. The summed E-state index contributed by atoms with van der Waals surface area (Å²) in [5.41, 5.74) is 1.31. The summed E-state index contributed by atoms with van der Waals surface area (Å²) in [5.74, 6) is -0.564. The first kappa shape index (κ1) is 24.0. The standard InChI is InChI=1S/C22H19Cl2NO6S/c1-3-30-19(26)11-25-21(27)18(32-22(25)28)10-13-8-16(24)20(17(9-13)29-2)31-12-14-6-4-5-7-15(14)23/h4-10H,3,11-12H2,1-2H3/b18-10+. The number of thioether (sulfide) groups is 1. The molecule has 0 radical (unpaired) electrons. The molecule has 1 fully saturated rings. The second kappa shape index (κ2) is 10.8. The van der Waals surface area contributed by atoms with E-state index in [1.54, 1.807) is 25.1 Å². The van der Waals surface area contributed by atoms with Crippen LogP contribution in [0.5, 0.6) is 11.5 Å². The highest BCUT2D eigenvalue weighted by atomic mass is 35.5. The lowest BCUT2D eigenvalue weighted by Crippen LogP contribution is -2.34. The molecular weight excluding hydrogens is 477 g/mol. The van der Waals surface area contributed by atoms with Crippen LogP contribution in [0.2, 0.25) is 10.0 Å². The van der Waals surface area contributed by atoms with Crippen molar-refractivity contribution in [3.05, 3.63) is 62.5 Å². The molecule has 0 unspecified atom stereocenters. The van der Waals surface area contributed by atoms with E-state index in [-0.39, 0.29) is 23.1 Å². The minimum atomic E-state index is -0.652. The molecule has 0 aromatic heterocycles. The Hall–Kier alpha value is -2.68. The summed E-state index contributed by atoms with van der Waals surface area (Å²) in [7, 11) is 1.46. The van der Waals surface area contributed by atoms with Crippen LogP contribution >= 0.6 is 35.0 Å². The maximum atomic E-state index is 12.6. The van der Waals surface area contributed by atoms with Crippen LogP contribution in [0.1, 0.15) is 18.1 Å². The molecule has 0 aliphatic carbocycles. The largest absolute Gasteiger partial charge is 0.493 e. The fraction of sp³-hybridized carbons (Fsp3) is 0.227. The van der Waals surface area contributed by atoms with E-state index in [2.05, 4.69) is 0 Å². The average Bonchev–Trinajstić information content (AvgIpc) is 3.01. The number of halogens is 2. The summed E-state index contributed by atoms with van der Waals surface area (Å²) < 4.78 is 16.0. The molecule has 3 rings (SSSR count). The van der Waals surface area contributed by atoms with Gasteiger partial charge in [0.2, 0.25) is 0 Å². The van der Waals surface area contributed by atoms with Gasteiger partial charge in [-0.05, 0) is 48.5 Å². The number of amides is 2. The van der Waals surface area contributed by atoms with E-state index in [9.17, 15) is 14.4 Å². The van der Waals surface area contributed by atoms with Crippen molar-refractivity contribution in [3.63, 3.8) is 0 Å². The van der Waals surface area contributed by atoms with Gasteiger partial charge < -0.3 is 14.2 Å². The first-order valence-corrected chi connectivity index (χ1v) is 11.1. The minimum Gasteiger partial charge on any atom is -0.493 e.